The van der Waals surface area contributed by atoms with Crippen LogP contribution in [0.3, 0.4) is 0 Å². The summed E-state index contributed by atoms with van der Waals surface area (Å²) in [5.74, 6) is -2.61. The Balaban J connectivity index is 1.25. The Bertz CT molecular complexity index is 1700. The zero-order valence-electron chi connectivity index (χ0n) is 21.7. The van der Waals surface area contributed by atoms with E-state index in [0.29, 0.717) is 12.0 Å². The predicted octanol–water partition coefficient (Wildman–Crippen LogP) is 3.76. The topological polar surface area (TPSA) is 165 Å². The van der Waals surface area contributed by atoms with E-state index in [1.165, 1.54) is 36.4 Å². The first-order valence-corrected chi connectivity index (χ1v) is 14.5. The molecule has 1 aliphatic rings. The van der Waals surface area contributed by atoms with Crippen LogP contribution in [0.2, 0.25) is 0 Å². The largest absolute Gasteiger partial charge is 0.422 e. The summed E-state index contributed by atoms with van der Waals surface area (Å²) in [6.07, 6.45) is -6.55. The van der Waals surface area contributed by atoms with Crippen LogP contribution in [-0.4, -0.2) is 58.1 Å². The highest BCUT2D eigenvalue weighted by Crippen LogP contribution is 2.43. The van der Waals surface area contributed by atoms with Gasteiger partial charge in [0.1, 0.15) is 17.4 Å². The second-order valence-corrected chi connectivity index (χ2v) is 11.9. The lowest BCUT2D eigenvalue weighted by atomic mass is 10.0. The van der Waals surface area contributed by atoms with Crippen molar-refractivity contribution in [1.82, 2.24) is 20.6 Å². The number of nitrogens with one attached hydrogen (secondary N) is 1. The van der Waals surface area contributed by atoms with E-state index in [-0.39, 0.29) is 41.3 Å². The Morgan fingerprint density at radius 1 is 1.00 bits per heavy atom. The number of sulfone groups is 1. The lowest BCUT2D eigenvalue weighted by molar-refractivity contribution is -0.137. The van der Waals surface area contributed by atoms with Gasteiger partial charge in [0.25, 0.3) is 5.89 Å². The van der Waals surface area contributed by atoms with Crippen molar-refractivity contribution >= 4 is 21.5 Å². The van der Waals surface area contributed by atoms with Crippen molar-refractivity contribution < 1.29 is 45.3 Å². The number of rotatable bonds is 9. The number of aliphatic hydroxyl groups excluding tert-OH is 1. The van der Waals surface area contributed by atoms with Crippen LogP contribution in [0.4, 0.5) is 13.2 Å². The molecule has 0 aliphatic carbocycles. The van der Waals surface area contributed by atoms with Crippen LogP contribution in [-0.2, 0) is 25.6 Å². The van der Waals surface area contributed by atoms with Gasteiger partial charge in [-0.2, -0.15) is 18.2 Å². The molecule has 1 amide bonds. The molecule has 0 radical (unpaired) electrons. The van der Waals surface area contributed by atoms with Gasteiger partial charge in [-0.1, -0.05) is 64.9 Å². The number of alkyl halides is 3. The normalized spacial score (nSPS) is 17.2. The van der Waals surface area contributed by atoms with E-state index < -0.39 is 62.8 Å². The highest BCUT2D eigenvalue weighted by atomic mass is 32.2. The summed E-state index contributed by atoms with van der Waals surface area (Å²) in [4.78, 5) is 28.6. The van der Waals surface area contributed by atoms with Crippen molar-refractivity contribution in [3.63, 3.8) is 0 Å². The van der Waals surface area contributed by atoms with Gasteiger partial charge in [0.05, 0.1) is 11.5 Å². The van der Waals surface area contributed by atoms with Gasteiger partial charge in [0.2, 0.25) is 17.5 Å². The van der Waals surface area contributed by atoms with E-state index in [2.05, 4.69) is 20.6 Å². The standard InChI is InChI=1S/C27H23F3N4O7S/c28-27(29,30)21-22(15-4-2-1-3-5-15)33-40-24(21)26-32-25(34-41-26)17-8-6-16(7-9-17)23(37)19(35)10-11-20(36)31-18-12-13-42(38,39)14-18/h1-9,18,23,37H,10-14H2,(H,31,36). The third-order valence-electron chi connectivity index (χ3n) is 6.63. The van der Waals surface area contributed by atoms with Gasteiger partial charge in [-0.05, 0) is 12.0 Å². The smallest absolute Gasteiger partial charge is 0.381 e. The lowest BCUT2D eigenvalue weighted by Gasteiger charge is -2.12. The van der Waals surface area contributed by atoms with E-state index in [4.69, 9.17) is 9.05 Å². The number of halogens is 3. The fourth-order valence-corrected chi connectivity index (χ4v) is 6.18. The summed E-state index contributed by atoms with van der Waals surface area (Å²) in [6, 6.07) is 12.9. The molecule has 42 heavy (non-hydrogen) atoms. The number of carbonyl (C=O) groups is 2. The Kier molecular flexibility index (Phi) is 7.97. The fourth-order valence-electron chi connectivity index (χ4n) is 4.51. The minimum Gasteiger partial charge on any atom is -0.381 e. The van der Waals surface area contributed by atoms with Crippen molar-refractivity contribution in [1.29, 1.82) is 0 Å². The molecular formula is C27H23F3N4O7S. The van der Waals surface area contributed by atoms with Crippen molar-refractivity contribution in [3.05, 3.63) is 65.7 Å². The number of hydrogen-bond donors (Lipinski definition) is 2. The minimum absolute atomic E-state index is 0.000595. The molecule has 2 N–H and O–H groups in total. The first kappa shape index (κ1) is 29.1. The SMILES string of the molecule is O=C(CCC(=O)C(O)c1ccc(-c2noc(-c3onc(-c4ccccc4)c3C(F)(F)F)n2)cc1)NC1CCS(=O)(=O)C1. The molecule has 1 aliphatic heterocycles. The minimum atomic E-state index is -4.84. The average molecular weight is 605 g/mol. The number of benzene rings is 2. The summed E-state index contributed by atoms with van der Waals surface area (Å²) in [7, 11) is -3.16. The van der Waals surface area contributed by atoms with E-state index in [1.54, 1.807) is 18.2 Å². The summed E-state index contributed by atoms with van der Waals surface area (Å²) in [5.41, 5.74) is -0.881. The molecule has 3 heterocycles. The number of aliphatic hydroxyl groups is 1. The number of amides is 1. The Morgan fingerprint density at radius 2 is 1.71 bits per heavy atom. The van der Waals surface area contributed by atoms with Crippen molar-refractivity contribution in [2.45, 2.75) is 37.6 Å². The molecule has 2 unspecified atom stereocenters. The van der Waals surface area contributed by atoms with Crippen LogP contribution < -0.4 is 5.32 Å². The Morgan fingerprint density at radius 3 is 2.36 bits per heavy atom. The molecule has 0 spiro atoms. The molecular weight excluding hydrogens is 581 g/mol. The quantitative estimate of drug-likeness (QED) is 0.287. The molecule has 5 rings (SSSR count). The second-order valence-electron chi connectivity index (χ2n) is 9.68. The van der Waals surface area contributed by atoms with E-state index in [0.717, 1.165) is 0 Å². The highest BCUT2D eigenvalue weighted by Gasteiger charge is 2.43. The average Bonchev–Trinajstić information content (AvgIpc) is 3.70. The number of aromatic nitrogens is 3. The van der Waals surface area contributed by atoms with Crippen molar-refractivity contribution in [3.8, 4) is 34.3 Å². The molecule has 4 aromatic rings. The maximum absolute atomic E-state index is 14.0. The number of Topliss-reactive ketones (excluding diaryl/α,β-unsaturated/α-hetero) is 1. The molecule has 0 saturated carbocycles. The first-order valence-electron chi connectivity index (χ1n) is 12.7. The van der Waals surface area contributed by atoms with Gasteiger partial charge in [-0.25, -0.2) is 8.42 Å². The maximum atomic E-state index is 14.0. The summed E-state index contributed by atoms with van der Waals surface area (Å²) >= 11 is 0. The van der Waals surface area contributed by atoms with Crippen molar-refractivity contribution in [2.75, 3.05) is 11.5 Å². The molecule has 1 fully saturated rings. The Labute approximate surface area is 236 Å². The number of carbonyl (C=O) groups excluding carboxylic acids is 2. The monoisotopic (exact) mass is 604 g/mol. The van der Waals surface area contributed by atoms with E-state index in [1.807, 2.05) is 0 Å². The number of hydrogen-bond acceptors (Lipinski definition) is 10. The zero-order valence-corrected chi connectivity index (χ0v) is 22.5. The summed E-state index contributed by atoms with van der Waals surface area (Å²) in [6.45, 7) is 0. The van der Waals surface area contributed by atoms with Gasteiger partial charge >= 0.3 is 6.18 Å². The van der Waals surface area contributed by atoms with Crippen LogP contribution in [0.25, 0.3) is 34.3 Å². The van der Waals surface area contributed by atoms with Gasteiger partial charge in [0, 0.05) is 30.0 Å². The molecule has 2 aromatic heterocycles. The molecule has 11 nitrogen and oxygen atoms in total. The molecule has 2 atom stereocenters. The van der Waals surface area contributed by atoms with E-state index in [9.17, 15) is 36.3 Å². The van der Waals surface area contributed by atoms with Crippen LogP contribution in [0, 0.1) is 0 Å². The van der Waals surface area contributed by atoms with Crippen LogP contribution in [0.15, 0.2) is 63.6 Å². The molecule has 15 heteroatoms. The number of ketones is 1. The molecule has 0 bridgehead atoms. The maximum Gasteiger partial charge on any atom is 0.422 e. The van der Waals surface area contributed by atoms with Gasteiger partial charge in [0.15, 0.2) is 15.6 Å². The lowest BCUT2D eigenvalue weighted by Crippen LogP contribution is -2.35. The van der Waals surface area contributed by atoms with Gasteiger partial charge < -0.3 is 19.5 Å². The van der Waals surface area contributed by atoms with Crippen LogP contribution in [0.5, 0.6) is 0 Å². The Hall–Kier alpha value is -4.37. The molecule has 2 aromatic carbocycles. The predicted molar refractivity (Wildman–Crippen MR) is 140 cm³/mol. The van der Waals surface area contributed by atoms with Crippen LogP contribution in [0.1, 0.15) is 36.5 Å². The molecule has 1 saturated heterocycles. The van der Waals surface area contributed by atoms with Gasteiger partial charge in [-0.15, -0.1) is 0 Å². The highest BCUT2D eigenvalue weighted by molar-refractivity contribution is 7.91. The third kappa shape index (κ3) is 6.41. The van der Waals surface area contributed by atoms with Gasteiger partial charge in [-0.3, -0.25) is 9.59 Å². The molecule has 220 valence electrons. The first-order chi connectivity index (χ1) is 19.9. The summed E-state index contributed by atoms with van der Waals surface area (Å²) < 4.78 is 74.9. The summed E-state index contributed by atoms with van der Waals surface area (Å²) in [5, 5.41) is 20.3. The third-order valence-corrected chi connectivity index (χ3v) is 8.40. The fraction of sp³-hybridized carbons (Fsp3) is 0.296. The second kappa shape index (κ2) is 11.5. The zero-order chi connectivity index (χ0) is 30.1. The van der Waals surface area contributed by atoms with Crippen LogP contribution >= 0.6 is 0 Å². The van der Waals surface area contributed by atoms with Crippen molar-refractivity contribution in [2.24, 2.45) is 0 Å². The van der Waals surface area contributed by atoms with E-state index >= 15 is 0 Å². The number of nitrogens with zero attached hydrogens (tertiary/aromatic N) is 3.